The van der Waals surface area contributed by atoms with E-state index in [2.05, 4.69) is 15.5 Å². The van der Waals surface area contributed by atoms with Crippen LogP contribution in [0.25, 0.3) is 0 Å². The lowest BCUT2D eigenvalue weighted by Gasteiger charge is -2.25. The van der Waals surface area contributed by atoms with Crippen LogP contribution in [0.1, 0.15) is 11.7 Å². The van der Waals surface area contributed by atoms with Gasteiger partial charge in [-0.05, 0) is 25.3 Å². The summed E-state index contributed by atoms with van der Waals surface area (Å²) in [6.45, 7) is 2.17. The summed E-state index contributed by atoms with van der Waals surface area (Å²) in [5.41, 5.74) is 0. The standard InChI is InChI=1S/C8H13N3OS/c1-13-5-7-10-8(12-11-7)2-6-3-9-4-6/h6,9H,2-5H2,1H3. The summed E-state index contributed by atoms with van der Waals surface area (Å²) >= 11 is 1.71. The van der Waals surface area contributed by atoms with E-state index >= 15 is 0 Å². The smallest absolute Gasteiger partial charge is 0.227 e. The molecule has 1 N–H and O–H groups in total. The zero-order valence-corrected chi connectivity index (χ0v) is 8.43. The van der Waals surface area contributed by atoms with Crippen LogP contribution in [0.5, 0.6) is 0 Å². The lowest BCUT2D eigenvalue weighted by molar-refractivity contribution is 0.295. The highest BCUT2D eigenvalue weighted by Gasteiger charge is 2.20. The van der Waals surface area contributed by atoms with Gasteiger partial charge in [-0.3, -0.25) is 0 Å². The molecule has 0 bridgehead atoms. The highest BCUT2D eigenvalue weighted by molar-refractivity contribution is 7.97. The van der Waals surface area contributed by atoms with Gasteiger partial charge in [0.15, 0.2) is 5.82 Å². The van der Waals surface area contributed by atoms with Gasteiger partial charge in [0.2, 0.25) is 5.89 Å². The fourth-order valence-corrected chi connectivity index (χ4v) is 1.68. The van der Waals surface area contributed by atoms with Crippen molar-refractivity contribution in [2.75, 3.05) is 19.3 Å². The summed E-state index contributed by atoms with van der Waals surface area (Å²) in [5.74, 6) is 3.14. The van der Waals surface area contributed by atoms with E-state index in [4.69, 9.17) is 4.52 Å². The second kappa shape index (κ2) is 4.11. The first-order valence-electron chi connectivity index (χ1n) is 4.39. The minimum Gasteiger partial charge on any atom is -0.339 e. The van der Waals surface area contributed by atoms with Crippen LogP contribution in [0.15, 0.2) is 4.52 Å². The van der Waals surface area contributed by atoms with Gasteiger partial charge in [-0.1, -0.05) is 5.16 Å². The van der Waals surface area contributed by atoms with Crippen LogP contribution < -0.4 is 5.32 Å². The van der Waals surface area contributed by atoms with Gasteiger partial charge in [0.05, 0.1) is 5.75 Å². The first-order chi connectivity index (χ1) is 6.38. The van der Waals surface area contributed by atoms with Gasteiger partial charge in [-0.25, -0.2) is 0 Å². The average molecular weight is 199 g/mol. The molecule has 0 atom stereocenters. The highest BCUT2D eigenvalue weighted by Crippen LogP contribution is 2.12. The molecule has 1 fully saturated rings. The molecule has 0 aliphatic carbocycles. The zero-order valence-electron chi connectivity index (χ0n) is 7.62. The van der Waals surface area contributed by atoms with Crippen molar-refractivity contribution in [2.45, 2.75) is 12.2 Å². The van der Waals surface area contributed by atoms with Gasteiger partial charge >= 0.3 is 0 Å². The molecule has 0 amide bonds. The maximum absolute atomic E-state index is 5.12. The molecule has 0 aromatic carbocycles. The molecule has 0 saturated carbocycles. The third-order valence-electron chi connectivity index (χ3n) is 2.11. The molecule has 1 aliphatic rings. The average Bonchev–Trinajstić information content (AvgIpc) is 2.46. The quantitative estimate of drug-likeness (QED) is 0.773. The van der Waals surface area contributed by atoms with Gasteiger partial charge in [0, 0.05) is 6.42 Å². The van der Waals surface area contributed by atoms with Crippen molar-refractivity contribution in [3.63, 3.8) is 0 Å². The summed E-state index contributed by atoms with van der Waals surface area (Å²) in [4.78, 5) is 4.30. The molecule has 5 heteroatoms. The van der Waals surface area contributed by atoms with Crippen molar-refractivity contribution in [3.05, 3.63) is 11.7 Å². The number of thioether (sulfide) groups is 1. The van der Waals surface area contributed by atoms with Crippen LogP contribution in [-0.2, 0) is 12.2 Å². The molecular weight excluding hydrogens is 186 g/mol. The predicted molar refractivity (Wildman–Crippen MR) is 51.6 cm³/mol. The number of nitrogens with one attached hydrogen (secondary N) is 1. The highest BCUT2D eigenvalue weighted by atomic mass is 32.2. The second-order valence-corrected chi connectivity index (χ2v) is 4.13. The topological polar surface area (TPSA) is 51.0 Å². The first-order valence-corrected chi connectivity index (χ1v) is 5.79. The lowest BCUT2D eigenvalue weighted by Crippen LogP contribution is -2.43. The van der Waals surface area contributed by atoms with Crippen LogP contribution in [-0.4, -0.2) is 29.5 Å². The van der Waals surface area contributed by atoms with Crippen LogP contribution in [0.4, 0.5) is 0 Å². The van der Waals surface area contributed by atoms with Crippen molar-refractivity contribution < 1.29 is 4.52 Å². The second-order valence-electron chi connectivity index (χ2n) is 3.27. The van der Waals surface area contributed by atoms with E-state index in [0.717, 1.165) is 37.0 Å². The molecule has 72 valence electrons. The Bertz CT molecular complexity index is 272. The monoisotopic (exact) mass is 199 g/mol. The van der Waals surface area contributed by atoms with Crippen LogP contribution in [0.2, 0.25) is 0 Å². The Morgan fingerprint density at radius 3 is 3.08 bits per heavy atom. The molecular formula is C8H13N3OS. The van der Waals surface area contributed by atoms with Crippen molar-refractivity contribution >= 4 is 11.8 Å². The van der Waals surface area contributed by atoms with Crippen molar-refractivity contribution in [3.8, 4) is 0 Å². The summed E-state index contributed by atoms with van der Waals surface area (Å²) in [6, 6.07) is 0. The molecule has 2 heterocycles. The Hall–Kier alpha value is -0.550. The van der Waals surface area contributed by atoms with E-state index in [0.29, 0.717) is 5.92 Å². The number of hydrogen-bond donors (Lipinski definition) is 1. The molecule has 0 radical (unpaired) electrons. The zero-order chi connectivity index (χ0) is 9.10. The van der Waals surface area contributed by atoms with Crippen LogP contribution >= 0.6 is 11.8 Å². The van der Waals surface area contributed by atoms with Crippen molar-refractivity contribution in [2.24, 2.45) is 5.92 Å². The number of rotatable bonds is 4. The summed E-state index contributed by atoms with van der Waals surface area (Å²) in [6.07, 6.45) is 2.96. The Balaban J connectivity index is 1.88. The van der Waals surface area contributed by atoms with Gasteiger partial charge in [-0.2, -0.15) is 16.7 Å². The fraction of sp³-hybridized carbons (Fsp3) is 0.750. The number of aromatic nitrogens is 2. The SMILES string of the molecule is CSCc1noc(CC2CNC2)n1. The summed E-state index contributed by atoms with van der Waals surface area (Å²) in [7, 11) is 0. The molecule has 0 unspecified atom stereocenters. The molecule has 0 spiro atoms. The molecule has 4 nitrogen and oxygen atoms in total. The van der Waals surface area contributed by atoms with Gasteiger partial charge < -0.3 is 9.84 Å². The Morgan fingerprint density at radius 2 is 2.46 bits per heavy atom. The minimum absolute atomic E-state index is 0.697. The van der Waals surface area contributed by atoms with E-state index in [9.17, 15) is 0 Å². The van der Waals surface area contributed by atoms with Gasteiger partial charge in [-0.15, -0.1) is 0 Å². The Kier molecular flexibility index (Phi) is 2.85. The Morgan fingerprint density at radius 1 is 1.62 bits per heavy atom. The molecule has 1 aromatic heterocycles. The number of nitrogens with zero attached hydrogens (tertiary/aromatic N) is 2. The summed E-state index contributed by atoms with van der Waals surface area (Å²) < 4.78 is 5.12. The van der Waals surface area contributed by atoms with E-state index in [1.807, 2.05) is 6.26 Å². The maximum atomic E-state index is 5.12. The molecule has 13 heavy (non-hydrogen) atoms. The van der Waals surface area contributed by atoms with Crippen molar-refractivity contribution in [1.29, 1.82) is 0 Å². The summed E-state index contributed by atoms with van der Waals surface area (Å²) in [5, 5.41) is 7.11. The van der Waals surface area contributed by atoms with E-state index in [1.54, 1.807) is 11.8 Å². The van der Waals surface area contributed by atoms with Gasteiger partial charge in [0.1, 0.15) is 0 Å². The van der Waals surface area contributed by atoms with Crippen LogP contribution in [0, 0.1) is 5.92 Å². The molecule has 1 aliphatic heterocycles. The molecule has 1 aromatic rings. The van der Waals surface area contributed by atoms with Gasteiger partial charge in [0.25, 0.3) is 0 Å². The predicted octanol–water partition coefficient (Wildman–Crippen LogP) is 0.694. The Labute approximate surface area is 81.5 Å². The lowest BCUT2D eigenvalue weighted by atomic mass is 10.00. The third-order valence-corrected chi connectivity index (χ3v) is 2.66. The maximum Gasteiger partial charge on any atom is 0.227 e. The van der Waals surface area contributed by atoms with E-state index in [1.165, 1.54) is 0 Å². The third kappa shape index (κ3) is 2.22. The minimum atomic E-state index is 0.697. The number of hydrogen-bond acceptors (Lipinski definition) is 5. The normalized spacial score (nSPS) is 17.3. The largest absolute Gasteiger partial charge is 0.339 e. The molecule has 1 saturated heterocycles. The van der Waals surface area contributed by atoms with E-state index in [-0.39, 0.29) is 0 Å². The van der Waals surface area contributed by atoms with Crippen LogP contribution in [0.3, 0.4) is 0 Å². The fourth-order valence-electron chi connectivity index (χ4n) is 1.30. The molecule has 2 rings (SSSR count). The van der Waals surface area contributed by atoms with Crippen molar-refractivity contribution in [1.82, 2.24) is 15.5 Å². The van der Waals surface area contributed by atoms with E-state index < -0.39 is 0 Å². The first kappa shape index (κ1) is 9.02.